The molecule has 2 aromatic heterocycles. The van der Waals surface area contributed by atoms with Crippen LogP contribution in [0.3, 0.4) is 0 Å². The minimum atomic E-state index is 0.200. The first-order valence-electron chi connectivity index (χ1n) is 7.73. The van der Waals surface area contributed by atoms with E-state index in [1.165, 1.54) is 24.1 Å². The molecule has 2 aromatic rings. The van der Waals surface area contributed by atoms with Crippen LogP contribution in [-0.4, -0.2) is 19.7 Å². The van der Waals surface area contributed by atoms with Gasteiger partial charge in [0.2, 0.25) is 0 Å². The fraction of sp³-hybridized carbons (Fsp3) is 0.667. The lowest BCUT2D eigenvalue weighted by atomic mass is 10.2. The van der Waals surface area contributed by atoms with Gasteiger partial charge in [0.15, 0.2) is 0 Å². The van der Waals surface area contributed by atoms with Crippen molar-refractivity contribution >= 4 is 11.3 Å². The van der Waals surface area contributed by atoms with Crippen LogP contribution < -0.4 is 5.32 Å². The monoisotopic (exact) mass is 305 g/mol. The molecule has 1 aliphatic heterocycles. The van der Waals surface area contributed by atoms with Gasteiger partial charge in [0, 0.05) is 24.4 Å². The molecule has 1 aliphatic rings. The Morgan fingerprint density at radius 1 is 1.24 bits per heavy atom. The van der Waals surface area contributed by atoms with Gasteiger partial charge < -0.3 is 9.88 Å². The Morgan fingerprint density at radius 3 is 2.86 bits per heavy atom. The van der Waals surface area contributed by atoms with E-state index in [4.69, 9.17) is 0 Å². The Morgan fingerprint density at radius 2 is 2.10 bits per heavy atom. The number of aromatic nitrogens is 4. The molecule has 21 heavy (non-hydrogen) atoms. The third-order valence-corrected chi connectivity index (χ3v) is 5.03. The van der Waals surface area contributed by atoms with Gasteiger partial charge in [0.05, 0.1) is 16.7 Å². The number of fused-ring (bicyclic) bond motifs is 1. The summed E-state index contributed by atoms with van der Waals surface area (Å²) in [5.74, 6) is 2.22. The van der Waals surface area contributed by atoms with Crippen LogP contribution in [0.15, 0.2) is 0 Å². The molecule has 0 radical (unpaired) electrons. The van der Waals surface area contributed by atoms with E-state index in [2.05, 4.69) is 45.8 Å². The summed E-state index contributed by atoms with van der Waals surface area (Å²) in [4.78, 5) is 5.88. The normalized spacial score (nSPS) is 16.5. The summed E-state index contributed by atoms with van der Waals surface area (Å²) in [6.45, 7) is 8.20. The predicted molar refractivity (Wildman–Crippen MR) is 84.4 cm³/mol. The molecule has 0 fully saturated rings. The average Bonchev–Trinajstić information content (AvgIpc) is 2.91. The summed E-state index contributed by atoms with van der Waals surface area (Å²) in [5, 5.41) is 13.5. The van der Waals surface area contributed by atoms with E-state index in [9.17, 15) is 0 Å². The quantitative estimate of drug-likeness (QED) is 0.943. The highest BCUT2D eigenvalue weighted by Gasteiger charge is 2.19. The van der Waals surface area contributed by atoms with Crippen LogP contribution in [-0.2, 0) is 19.5 Å². The molecule has 114 valence electrons. The lowest BCUT2D eigenvalue weighted by molar-refractivity contribution is 0.498. The molecule has 3 heterocycles. The zero-order valence-corrected chi connectivity index (χ0v) is 13.8. The smallest absolute Gasteiger partial charge is 0.149 e. The van der Waals surface area contributed by atoms with Crippen molar-refractivity contribution in [1.29, 1.82) is 0 Å². The molecule has 3 rings (SSSR count). The second-order valence-corrected chi connectivity index (χ2v) is 7.18. The standard InChI is InChI=1S/C15H23N5S/c1-10(16-9-13-11(2)21-12(3)17-13)15-19-18-14-7-5-4-6-8-20(14)15/h10,16H,4-9H2,1-3H3/t10-/m1/s1. The Kier molecular flexibility index (Phi) is 4.35. The molecule has 0 aliphatic carbocycles. The first-order valence-corrected chi connectivity index (χ1v) is 8.55. The van der Waals surface area contributed by atoms with Crippen molar-refractivity contribution in [3.05, 3.63) is 27.2 Å². The van der Waals surface area contributed by atoms with E-state index in [-0.39, 0.29) is 6.04 Å². The molecule has 6 heteroatoms. The summed E-state index contributed by atoms with van der Waals surface area (Å²) in [5.41, 5.74) is 1.15. The second kappa shape index (κ2) is 6.23. The van der Waals surface area contributed by atoms with Crippen molar-refractivity contribution in [3.8, 4) is 0 Å². The number of nitrogens with zero attached hydrogens (tertiary/aromatic N) is 4. The van der Waals surface area contributed by atoms with E-state index in [0.717, 1.165) is 41.9 Å². The van der Waals surface area contributed by atoms with Crippen molar-refractivity contribution < 1.29 is 0 Å². The number of hydrogen-bond donors (Lipinski definition) is 1. The number of thiazole rings is 1. The zero-order chi connectivity index (χ0) is 14.8. The maximum atomic E-state index is 4.58. The highest BCUT2D eigenvalue weighted by molar-refractivity contribution is 7.11. The summed E-state index contributed by atoms with van der Waals surface area (Å²) >= 11 is 1.76. The Labute approximate surface area is 129 Å². The van der Waals surface area contributed by atoms with Gasteiger partial charge in [-0.05, 0) is 33.6 Å². The highest BCUT2D eigenvalue weighted by atomic mass is 32.1. The SMILES string of the molecule is Cc1nc(CN[C@H](C)c2nnc3n2CCCCC3)c(C)s1. The number of rotatable bonds is 4. The molecule has 0 amide bonds. The van der Waals surface area contributed by atoms with Crippen molar-refractivity contribution in [2.75, 3.05) is 0 Å². The molecule has 0 unspecified atom stereocenters. The maximum Gasteiger partial charge on any atom is 0.149 e. The molecule has 5 nitrogen and oxygen atoms in total. The Balaban J connectivity index is 1.69. The number of nitrogens with one attached hydrogen (secondary N) is 1. The molecule has 0 saturated heterocycles. The van der Waals surface area contributed by atoms with Crippen LogP contribution in [0.1, 0.15) is 59.5 Å². The fourth-order valence-corrected chi connectivity index (χ4v) is 3.74. The van der Waals surface area contributed by atoms with E-state index in [0.29, 0.717) is 0 Å². The van der Waals surface area contributed by atoms with Crippen molar-refractivity contribution in [2.24, 2.45) is 0 Å². The lowest BCUT2D eigenvalue weighted by Gasteiger charge is -2.14. The topological polar surface area (TPSA) is 55.6 Å². The van der Waals surface area contributed by atoms with Crippen LogP contribution in [0.4, 0.5) is 0 Å². The zero-order valence-electron chi connectivity index (χ0n) is 13.0. The molecular weight excluding hydrogens is 282 g/mol. The third-order valence-electron chi connectivity index (χ3n) is 4.10. The van der Waals surface area contributed by atoms with Crippen LogP contribution in [0.25, 0.3) is 0 Å². The second-order valence-electron chi connectivity index (χ2n) is 5.78. The van der Waals surface area contributed by atoms with Crippen LogP contribution in [0, 0.1) is 13.8 Å². The van der Waals surface area contributed by atoms with E-state index < -0.39 is 0 Å². The van der Waals surface area contributed by atoms with Gasteiger partial charge in [-0.3, -0.25) is 0 Å². The molecule has 0 aromatic carbocycles. The van der Waals surface area contributed by atoms with Gasteiger partial charge in [-0.1, -0.05) is 6.42 Å². The fourth-order valence-electron chi connectivity index (χ4n) is 2.90. The molecule has 1 N–H and O–H groups in total. The van der Waals surface area contributed by atoms with Gasteiger partial charge in [-0.25, -0.2) is 4.98 Å². The lowest BCUT2D eigenvalue weighted by Crippen LogP contribution is -2.22. The molecular formula is C15H23N5S. The molecule has 1 atom stereocenters. The summed E-state index contributed by atoms with van der Waals surface area (Å²) in [6, 6.07) is 0.200. The van der Waals surface area contributed by atoms with E-state index in [1.807, 2.05) is 0 Å². The molecule has 0 spiro atoms. The minimum absolute atomic E-state index is 0.200. The Hall–Kier alpha value is -1.27. The van der Waals surface area contributed by atoms with Crippen LogP contribution in [0.2, 0.25) is 0 Å². The summed E-state index contributed by atoms with van der Waals surface area (Å²) < 4.78 is 2.31. The summed E-state index contributed by atoms with van der Waals surface area (Å²) in [7, 11) is 0. The van der Waals surface area contributed by atoms with Gasteiger partial charge in [0.25, 0.3) is 0 Å². The minimum Gasteiger partial charge on any atom is -0.314 e. The predicted octanol–water partition coefficient (Wildman–Crippen LogP) is 2.93. The maximum absolute atomic E-state index is 4.58. The van der Waals surface area contributed by atoms with Gasteiger partial charge in [-0.2, -0.15) is 0 Å². The third kappa shape index (κ3) is 3.16. The average molecular weight is 305 g/mol. The highest BCUT2D eigenvalue weighted by Crippen LogP contribution is 2.20. The van der Waals surface area contributed by atoms with Crippen molar-refractivity contribution in [1.82, 2.24) is 25.1 Å². The first kappa shape index (κ1) is 14.7. The van der Waals surface area contributed by atoms with Gasteiger partial charge in [-0.15, -0.1) is 21.5 Å². The van der Waals surface area contributed by atoms with E-state index in [1.54, 1.807) is 11.3 Å². The van der Waals surface area contributed by atoms with Crippen LogP contribution in [0.5, 0.6) is 0 Å². The Bertz CT molecular complexity index is 616. The number of aryl methyl sites for hydroxylation is 3. The largest absolute Gasteiger partial charge is 0.314 e. The number of hydrogen-bond acceptors (Lipinski definition) is 5. The van der Waals surface area contributed by atoms with E-state index >= 15 is 0 Å². The molecule has 0 bridgehead atoms. The molecule has 0 saturated carbocycles. The summed E-state index contributed by atoms with van der Waals surface area (Å²) in [6.07, 6.45) is 4.82. The van der Waals surface area contributed by atoms with Gasteiger partial charge >= 0.3 is 0 Å². The van der Waals surface area contributed by atoms with Crippen molar-refractivity contribution in [3.63, 3.8) is 0 Å². The first-order chi connectivity index (χ1) is 10.1. The van der Waals surface area contributed by atoms with Crippen LogP contribution >= 0.6 is 11.3 Å². The van der Waals surface area contributed by atoms with Gasteiger partial charge in [0.1, 0.15) is 11.6 Å². The van der Waals surface area contributed by atoms with Crippen molar-refractivity contribution in [2.45, 2.75) is 65.6 Å².